The lowest BCUT2D eigenvalue weighted by Crippen LogP contribution is -1.82. The fourth-order valence-corrected chi connectivity index (χ4v) is 1.41. The maximum Gasteiger partial charge on any atom is 0.0512 e. The van der Waals surface area contributed by atoms with Gasteiger partial charge >= 0.3 is 0 Å². The number of hydrogen-bond donors (Lipinski definition) is 0. The lowest BCUT2D eigenvalue weighted by molar-refractivity contribution is 1.45. The van der Waals surface area contributed by atoms with Crippen LogP contribution in [0.3, 0.4) is 0 Å². The summed E-state index contributed by atoms with van der Waals surface area (Å²) in [4.78, 5) is 0.389. The molecule has 1 unspecified atom stereocenters. The van der Waals surface area contributed by atoms with Crippen molar-refractivity contribution in [1.82, 2.24) is 0 Å². The number of halogens is 2. The maximum atomic E-state index is 3.47. The third kappa shape index (κ3) is 2.43. The molecule has 0 saturated carbocycles. The topological polar surface area (TPSA) is 0 Å². The maximum absolute atomic E-state index is 3.47. The van der Waals surface area contributed by atoms with Gasteiger partial charge in [-0.3, -0.25) is 0 Å². The molecule has 1 aliphatic carbocycles. The Balaban J connectivity index is 2.71. The SMILES string of the molecule is BrCC1=CC=CC(Br)C=C1. The second-order valence-corrected chi connectivity index (χ2v) is 3.68. The van der Waals surface area contributed by atoms with Crippen molar-refractivity contribution in [2.24, 2.45) is 0 Å². The molecule has 10 heavy (non-hydrogen) atoms. The van der Waals surface area contributed by atoms with Crippen molar-refractivity contribution in [3.63, 3.8) is 0 Å². The van der Waals surface area contributed by atoms with E-state index in [1.807, 2.05) is 0 Å². The highest BCUT2D eigenvalue weighted by molar-refractivity contribution is 9.09. The molecule has 0 aliphatic heterocycles. The minimum absolute atomic E-state index is 0.389. The summed E-state index contributed by atoms with van der Waals surface area (Å²) in [5.74, 6) is 0. The smallest absolute Gasteiger partial charge is 0.0512 e. The Morgan fingerprint density at radius 1 is 1.40 bits per heavy atom. The van der Waals surface area contributed by atoms with E-state index in [9.17, 15) is 0 Å². The van der Waals surface area contributed by atoms with Gasteiger partial charge in [-0.25, -0.2) is 0 Å². The van der Waals surface area contributed by atoms with E-state index in [1.54, 1.807) is 0 Å². The Labute approximate surface area is 78.0 Å². The number of hydrogen-bond acceptors (Lipinski definition) is 0. The minimum atomic E-state index is 0.389. The van der Waals surface area contributed by atoms with Crippen LogP contribution >= 0.6 is 31.9 Å². The Bertz CT molecular complexity index is 189. The van der Waals surface area contributed by atoms with Crippen LogP contribution in [0, 0.1) is 0 Å². The second kappa shape index (κ2) is 4.14. The van der Waals surface area contributed by atoms with Crippen LogP contribution in [-0.4, -0.2) is 10.2 Å². The molecule has 1 aliphatic rings. The summed E-state index contributed by atoms with van der Waals surface area (Å²) in [5.41, 5.74) is 1.30. The lowest BCUT2D eigenvalue weighted by Gasteiger charge is -1.91. The van der Waals surface area contributed by atoms with E-state index in [0.29, 0.717) is 4.83 Å². The molecule has 0 radical (unpaired) electrons. The molecule has 0 aromatic heterocycles. The van der Waals surface area contributed by atoms with E-state index in [0.717, 1.165) is 5.33 Å². The van der Waals surface area contributed by atoms with Gasteiger partial charge in [0.05, 0.1) is 4.83 Å². The van der Waals surface area contributed by atoms with Crippen LogP contribution in [0.5, 0.6) is 0 Å². The van der Waals surface area contributed by atoms with Crippen molar-refractivity contribution in [2.45, 2.75) is 4.83 Å². The molecule has 0 nitrogen and oxygen atoms in total. The monoisotopic (exact) mass is 262 g/mol. The molecule has 0 N–H and O–H groups in total. The van der Waals surface area contributed by atoms with Gasteiger partial charge in [0.25, 0.3) is 0 Å². The molecule has 0 aromatic rings. The summed E-state index contributed by atoms with van der Waals surface area (Å²) >= 11 is 6.87. The molecule has 2 heteroatoms. The zero-order valence-corrected chi connectivity index (χ0v) is 8.60. The molecule has 54 valence electrons. The lowest BCUT2D eigenvalue weighted by atomic mass is 10.3. The summed E-state index contributed by atoms with van der Waals surface area (Å²) in [6, 6.07) is 0. The standard InChI is InChI=1S/C8H8Br2/c9-6-7-2-1-3-8(10)5-4-7/h1-5,8H,6H2. The molecule has 1 rings (SSSR count). The van der Waals surface area contributed by atoms with Crippen molar-refractivity contribution in [3.8, 4) is 0 Å². The van der Waals surface area contributed by atoms with Crippen molar-refractivity contribution in [2.75, 3.05) is 5.33 Å². The van der Waals surface area contributed by atoms with Crippen LogP contribution in [0.15, 0.2) is 36.0 Å². The highest BCUT2D eigenvalue weighted by Gasteiger charge is 1.95. The first-order valence-electron chi connectivity index (χ1n) is 3.08. The van der Waals surface area contributed by atoms with Crippen LogP contribution in [0.25, 0.3) is 0 Å². The first kappa shape index (κ1) is 8.28. The fourth-order valence-electron chi connectivity index (χ4n) is 0.710. The van der Waals surface area contributed by atoms with Gasteiger partial charge < -0.3 is 0 Å². The molecular weight excluding hydrogens is 256 g/mol. The van der Waals surface area contributed by atoms with E-state index in [2.05, 4.69) is 62.2 Å². The number of rotatable bonds is 1. The van der Waals surface area contributed by atoms with Crippen LogP contribution in [-0.2, 0) is 0 Å². The van der Waals surface area contributed by atoms with Gasteiger partial charge in [0.1, 0.15) is 0 Å². The molecule has 0 bridgehead atoms. The average Bonchev–Trinajstić information content (AvgIpc) is 2.14. The Hall–Kier alpha value is 0.180. The van der Waals surface area contributed by atoms with Gasteiger partial charge in [-0.1, -0.05) is 62.2 Å². The third-order valence-electron chi connectivity index (χ3n) is 1.25. The van der Waals surface area contributed by atoms with E-state index >= 15 is 0 Å². The zero-order chi connectivity index (χ0) is 7.40. The predicted molar refractivity (Wildman–Crippen MR) is 52.9 cm³/mol. The summed E-state index contributed by atoms with van der Waals surface area (Å²) in [7, 11) is 0. The minimum Gasteiger partial charge on any atom is -0.0876 e. The van der Waals surface area contributed by atoms with Crippen molar-refractivity contribution >= 4 is 31.9 Å². The predicted octanol–water partition coefficient (Wildman–Crippen LogP) is 3.20. The quantitative estimate of drug-likeness (QED) is 0.638. The van der Waals surface area contributed by atoms with Crippen LogP contribution < -0.4 is 0 Å². The van der Waals surface area contributed by atoms with Gasteiger partial charge in [-0.2, -0.15) is 0 Å². The first-order chi connectivity index (χ1) is 4.83. The van der Waals surface area contributed by atoms with Crippen LogP contribution in [0.2, 0.25) is 0 Å². The Morgan fingerprint density at radius 3 is 2.90 bits per heavy atom. The third-order valence-corrected chi connectivity index (χ3v) is 2.51. The van der Waals surface area contributed by atoms with Crippen molar-refractivity contribution in [1.29, 1.82) is 0 Å². The molecule has 1 atom stereocenters. The van der Waals surface area contributed by atoms with E-state index < -0.39 is 0 Å². The van der Waals surface area contributed by atoms with Gasteiger partial charge in [0.2, 0.25) is 0 Å². The zero-order valence-electron chi connectivity index (χ0n) is 5.43. The molecule has 0 heterocycles. The van der Waals surface area contributed by atoms with E-state index in [-0.39, 0.29) is 0 Å². The molecule has 0 amide bonds. The Morgan fingerprint density at radius 2 is 2.20 bits per heavy atom. The van der Waals surface area contributed by atoms with Crippen LogP contribution in [0.4, 0.5) is 0 Å². The first-order valence-corrected chi connectivity index (χ1v) is 5.12. The Kier molecular flexibility index (Phi) is 3.43. The molecule has 0 spiro atoms. The molecule has 0 aromatic carbocycles. The largest absolute Gasteiger partial charge is 0.0876 e. The average molecular weight is 264 g/mol. The summed E-state index contributed by atoms with van der Waals surface area (Å²) < 4.78 is 0. The summed E-state index contributed by atoms with van der Waals surface area (Å²) in [6.07, 6.45) is 10.5. The van der Waals surface area contributed by atoms with Gasteiger partial charge in [-0.15, -0.1) is 0 Å². The second-order valence-electron chi connectivity index (χ2n) is 2.06. The van der Waals surface area contributed by atoms with Gasteiger partial charge in [-0.05, 0) is 5.57 Å². The number of alkyl halides is 2. The van der Waals surface area contributed by atoms with E-state index in [1.165, 1.54) is 5.57 Å². The van der Waals surface area contributed by atoms with Gasteiger partial charge in [0.15, 0.2) is 0 Å². The van der Waals surface area contributed by atoms with Crippen molar-refractivity contribution in [3.05, 3.63) is 36.0 Å². The highest BCUT2D eigenvalue weighted by atomic mass is 79.9. The fraction of sp³-hybridized carbons (Fsp3) is 0.250. The summed E-state index contributed by atoms with van der Waals surface area (Å²) in [5, 5.41) is 0.924. The highest BCUT2D eigenvalue weighted by Crippen LogP contribution is 2.11. The normalized spacial score (nSPS) is 24.2. The van der Waals surface area contributed by atoms with Crippen molar-refractivity contribution < 1.29 is 0 Å². The number of allylic oxidation sites excluding steroid dienone is 6. The van der Waals surface area contributed by atoms with Gasteiger partial charge in [0, 0.05) is 5.33 Å². The molecular formula is C8H8Br2. The molecule has 0 saturated heterocycles. The molecule has 0 fully saturated rings. The van der Waals surface area contributed by atoms with Crippen LogP contribution in [0.1, 0.15) is 0 Å². The summed E-state index contributed by atoms with van der Waals surface area (Å²) in [6.45, 7) is 0. The van der Waals surface area contributed by atoms with E-state index in [4.69, 9.17) is 0 Å².